The Labute approximate surface area is 197 Å². The number of benzene rings is 2. The van der Waals surface area contributed by atoms with Gasteiger partial charge in [-0.1, -0.05) is 18.2 Å². The number of hydrogen-bond acceptors (Lipinski definition) is 6. The molecule has 0 spiro atoms. The summed E-state index contributed by atoms with van der Waals surface area (Å²) in [4.78, 5) is 30.4. The fourth-order valence-electron chi connectivity index (χ4n) is 3.66. The molecule has 1 aliphatic rings. The van der Waals surface area contributed by atoms with Crippen molar-refractivity contribution in [1.29, 1.82) is 0 Å². The summed E-state index contributed by atoms with van der Waals surface area (Å²) in [5, 5.41) is 11.9. The van der Waals surface area contributed by atoms with Gasteiger partial charge in [-0.3, -0.25) is 9.59 Å². The van der Waals surface area contributed by atoms with Gasteiger partial charge in [-0.25, -0.2) is 13.4 Å². The van der Waals surface area contributed by atoms with Crippen molar-refractivity contribution in [2.75, 3.05) is 18.0 Å². The summed E-state index contributed by atoms with van der Waals surface area (Å²) >= 11 is 0. The molecule has 0 aromatic heterocycles. The molecule has 34 heavy (non-hydrogen) atoms. The zero-order chi connectivity index (χ0) is 24.7. The van der Waals surface area contributed by atoms with Crippen LogP contribution in [0.25, 0.3) is 0 Å². The van der Waals surface area contributed by atoms with Gasteiger partial charge in [0.1, 0.15) is 12.2 Å². The molecule has 1 aliphatic heterocycles. The number of carbonyl (C=O) groups is 2. The maximum Gasteiger partial charge on any atom is 0.323 e. The molecular weight excluding hydrogens is 460 g/mol. The van der Waals surface area contributed by atoms with Crippen molar-refractivity contribution in [2.45, 2.75) is 36.4 Å². The summed E-state index contributed by atoms with van der Waals surface area (Å²) in [5.41, 5.74) is 12.2. The Bertz CT molecular complexity index is 1130. The van der Waals surface area contributed by atoms with Crippen LogP contribution in [-0.4, -0.2) is 56.7 Å². The van der Waals surface area contributed by atoms with E-state index in [-0.39, 0.29) is 17.0 Å². The van der Waals surface area contributed by atoms with Gasteiger partial charge in [0, 0.05) is 24.3 Å². The smallest absolute Gasteiger partial charge is 0.323 e. The number of amides is 1. The first-order valence-corrected chi connectivity index (χ1v) is 12.2. The van der Waals surface area contributed by atoms with Gasteiger partial charge in [-0.15, -0.1) is 0 Å². The molecule has 1 heterocycles. The topological polar surface area (TPSA) is 180 Å². The lowest BCUT2D eigenvalue weighted by Crippen LogP contribution is -2.48. The van der Waals surface area contributed by atoms with Crippen LogP contribution in [0, 0.1) is 0 Å². The SMILES string of the molecule is NC(N)=NC1CCCCN1c1ccc(C(=O)NC[C@H](NS(=O)(=O)c2ccccc2)C(=O)O)cc1. The molecule has 7 N–H and O–H groups in total. The second-order valence-electron chi connectivity index (χ2n) is 7.81. The van der Waals surface area contributed by atoms with Crippen molar-refractivity contribution in [1.82, 2.24) is 10.0 Å². The van der Waals surface area contributed by atoms with Crippen molar-refractivity contribution in [3.63, 3.8) is 0 Å². The number of hydrogen-bond donors (Lipinski definition) is 5. The predicted octanol–water partition coefficient (Wildman–Crippen LogP) is 0.438. The van der Waals surface area contributed by atoms with Gasteiger partial charge in [0.25, 0.3) is 5.91 Å². The van der Waals surface area contributed by atoms with Crippen LogP contribution in [0.4, 0.5) is 5.69 Å². The molecule has 11 nitrogen and oxygen atoms in total. The number of carbonyl (C=O) groups excluding carboxylic acids is 1. The van der Waals surface area contributed by atoms with Crippen LogP contribution in [-0.2, 0) is 14.8 Å². The lowest BCUT2D eigenvalue weighted by atomic mass is 10.1. The molecule has 2 aromatic carbocycles. The molecule has 2 aromatic rings. The first kappa shape index (κ1) is 25.0. The Hall–Kier alpha value is -3.64. The highest BCUT2D eigenvalue weighted by Crippen LogP contribution is 2.25. The molecule has 1 saturated heterocycles. The number of aliphatic imine (C=N–C) groups is 1. The Balaban J connectivity index is 1.64. The number of nitrogens with one attached hydrogen (secondary N) is 2. The molecule has 2 atom stereocenters. The van der Waals surface area contributed by atoms with Gasteiger partial charge in [0.15, 0.2) is 5.96 Å². The van der Waals surface area contributed by atoms with E-state index in [1.807, 2.05) is 0 Å². The van der Waals surface area contributed by atoms with E-state index in [1.165, 1.54) is 24.3 Å². The fourth-order valence-corrected chi connectivity index (χ4v) is 4.87. The number of sulfonamides is 1. The van der Waals surface area contributed by atoms with E-state index in [2.05, 4.69) is 19.9 Å². The number of carboxylic acids is 1. The highest BCUT2D eigenvalue weighted by molar-refractivity contribution is 7.89. The third kappa shape index (κ3) is 6.45. The number of piperidine rings is 1. The Morgan fingerprint density at radius 2 is 1.76 bits per heavy atom. The highest BCUT2D eigenvalue weighted by atomic mass is 32.2. The summed E-state index contributed by atoms with van der Waals surface area (Å²) in [6, 6.07) is 12.6. The van der Waals surface area contributed by atoms with Gasteiger partial charge in [0.2, 0.25) is 10.0 Å². The third-order valence-electron chi connectivity index (χ3n) is 5.35. The number of nitrogens with two attached hydrogens (primary N) is 2. The second-order valence-corrected chi connectivity index (χ2v) is 9.52. The molecule has 1 fully saturated rings. The van der Waals surface area contributed by atoms with E-state index in [1.54, 1.807) is 30.3 Å². The molecule has 1 amide bonds. The molecular formula is C22H28N6O5S. The van der Waals surface area contributed by atoms with Gasteiger partial charge in [-0.2, -0.15) is 4.72 Å². The maximum absolute atomic E-state index is 12.6. The van der Waals surface area contributed by atoms with E-state index in [0.717, 1.165) is 31.5 Å². The summed E-state index contributed by atoms with van der Waals surface area (Å²) in [7, 11) is -4.07. The average molecular weight is 489 g/mol. The van der Waals surface area contributed by atoms with Crippen LogP contribution in [0.2, 0.25) is 0 Å². The van der Waals surface area contributed by atoms with E-state index in [9.17, 15) is 23.1 Å². The molecule has 3 rings (SSSR count). The van der Waals surface area contributed by atoms with Crippen LogP contribution >= 0.6 is 0 Å². The van der Waals surface area contributed by atoms with Crippen molar-refractivity contribution >= 4 is 33.5 Å². The summed E-state index contributed by atoms with van der Waals surface area (Å²) in [5.74, 6) is -1.93. The van der Waals surface area contributed by atoms with E-state index in [4.69, 9.17) is 11.5 Å². The normalized spacial score (nSPS) is 16.9. The minimum absolute atomic E-state index is 0.0174. The van der Waals surface area contributed by atoms with Crippen LogP contribution < -0.4 is 26.4 Å². The molecule has 0 aliphatic carbocycles. The first-order valence-electron chi connectivity index (χ1n) is 10.7. The van der Waals surface area contributed by atoms with Crippen LogP contribution in [0.1, 0.15) is 29.6 Å². The van der Waals surface area contributed by atoms with Gasteiger partial charge in [-0.05, 0) is 55.7 Å². The molecule has 0 bridgehead atoms. The van der Waals surface area contributed by atoms with Crippen molar-refractivity contribution in [2.24, 2.45) is 16.5 Å². The summed E-state index contributed by atoms with van der Waals surface area (Å²) < 4.78 is 27.0. The van der Waals surface area contributed by atoms with Crippen LogP contribution in [0.3, 0.4) is 0 Å². The number of aliphatic carboxylic acids is 1. The van der Waals surface area contributed by atoms with Crippen molar-refractivity contribution in [3.8, 4) is 0 Å². The first-order chi connectivity index (χ1) is 16.2. The maximum atomic E-state index is 12.6. The van der Waals surface area contributed by atoms with E-state index in [0.29, 0.717) is 5.56 Å². The van der Waals surface area contributed by atoms with Crippen molar-refractivity contribution in [3.05, 3.63) is 60.2 Å². The predicted molar refractivity (Wildman–Crippen MR) is 128 cm³/mol. The molecule has 0 saturated carbocycles. The molecule has 12 heteroatoms. The number of rotatable bonds is 9. The quantitative estimate of drug-likeness (QED) is 0.249. The lowest BCUT2D eigenvalue weighted by Gasteiger charge is -2.35. The zero-order valence-electron chi connectivity index (χ0n) is 18.4. The van der Waals surface area contributed by atoms with E-state index >= 15 is 0 Å². The minimum atomic E-state index is -4.07. The lowest BCUT2D eigenvalue weighted by molar-refractivity contribution is -0.138. The number of anilines is 1. The fraction of sp³-hybridized carbons (Fsp3) is 0.318. The summed E-state index contributed by atoms with van der Waals surface area (Å²) in [6.45, 7) is 0.343. The number of nitrogens with zero attached hydrogens (tertiary/aromatic N) is 2. The summed E-state index contributed by atoms with van der Waals surface area (Å²) in [6.07, 6.45) is 2.65. The van der Waals surface area contributed by atoms with Gasteiger partial charge >= 0.3 is 5.97 Å². The minimum Gasteiger partial charge on any atom is -0.480 e. The Kier molecular flexibility index (Phi) is 8.08. The number of guanidine groups is 1. The second kappa shape index (κ2) is 11.0. The van der Waals surface area contributed by atoms with Gasteiger partial charge in [0.05, 0.1) is 4.90 Å². The standard InChI is InChI=1S/C22H28N6O5S/c23-22(24)26-19-8-4-5-13-28(19)16-11-9-15(10-12-16)20(29)25-14-18(21(30)31)27-34(32,33)17-6-2-1-3-7-17/h1-3,6-7,9-12,18-19,27H,4-5,8,13-14H2,(H,25,29)(H,30,31)(H4,23,24,26)/t18-,19?/m0/s1. The zero-order valence-corrected chi connectivity index (χ0v) is 19.2. The highest BCUT2D eigenvalue weighted by Gasteiger charge is 2.26. The molecule has 0 radical (unpaired) electrons. The van der Waals surface area contributed by atoms with E-state index < -0.39 is 34.5 Å². The molecule has 182 valence electrons. The Morgan fingerprint density at radius 1 is 1.09 bits per heavy atom. The third-order valence-corrected chi connectivity index (χ3v) is 6.83. The van der Waals surface area contributed by atoms with Crippen LogP contribution in [0.15, 0.2) is 64.5 Å². The number of carboxylic acid groups (broad SMARTS) is 1. The monoisotopic (exact) mass is 488 g/mol. The Morgan fingerprint density at radius 3 is 2.38 bits per heavy atom. The van der Waals surface area contributed by atoms with Crippen molar-refractivity contribution < 1.29 is 23.1 Å². The van der Waals surface area contributed by atoms with Crippen LogP contribution in [0.5, 0.6) is 0 Å². The largest absolute Gasteiger partial charge is 0.480 e. The van der Waals surface area contributed by atoms with Gasteiger partial charge < -0.3 is 26.8 Å². The molecule has 1 unspecified atom stereocenters. The average Bonchev–Trinajstić information content (AvgIpc) is 2.82.